The number of alkyl halides is 1. The van der Waals surface area contributed by atoms with Crippen molar-refractivity contribution in [2.75, 3.05) is 25.1 Å². The van der Waals surface area contributed by atoms with Gasteiger partial charge in [-0.05, 0) is 18.1 Å². The Morgan fingerprint density at radius 3 is 2.79 bits per heavy atom. The van der Waals surface area contributed by atoms with Crippen LogP contribution < -0.4 is 5.32 Å². The lowest BCUT2D eigenvalue weighted by Gasteiger charge is -2.06. The summed E-state index contributed by atoms with van der Waals surface area (Å²) < 4.78 is 31.2. The Morgan fingerprint density at radius 2 is 2.11 bits per heavy atom. The van der Waals surface area contributed by atoms with E-state index in [2.05, 4.69) is 21.2 Å². The highest BCUT2D eigenvalue weighted by Crippen LogP contribution is 2.09. The normalized spacial score (nSPS) is 10.5. The first kappa shape index (κ1) is 16.0. The summed E-state index contributed by atoms with van der Waals surface area (Å²) in [5, 5.41) is 3.44. The summed E-state index contributed by atoms with van der Waals surface area (Å²) in [5.41, 5.74) is 0.189. The van der Waals surface area contributed by atoms with Crippen LogP contribution in [0.5, 0.6) is 0 Å². The van der Waals surface area contributed by atoms with Crippen LogP contribution in [-0.2, 0) is 16.0 Å². The van der Waals surface area contributed by atoms with Crippen LogP contribution in [0.25, 0.3) is 0 Å². The minimum atomic E-state index is -0.698. The zero-order valence-electron chi connectivity index (χ0n) is 10.4. The van der Waals surface area contributed by atoms with Crippen molar-refractivity contribution in [3.8, 4) is 0 Å². The summed E-state index contributed by atoms with van der Waals surface area (Å²) in [5.74, 6) is -1.63. The fourth-order valence-electron chi connectivity index (χ4n) is 1.46. The van der Waals surface area contributed by atoms with E-state index in [-0.39, 0.29) is 17.9 Å². The van der Waals surface area contributed by atoms with Crippen LogP contribution in [0, 0.1) is 11.6 Å². The van der Waals surface area contributed by atoms with Crippen LogP contribution in [0.15, 0.2) is 18.2 Å². The maximum absolute atomic E-state index is 13.3. The minimum absolute atomic E-state index is 0.0889. The number of benzene rings is 1. The van der Waals surface area contributed by atoms with Gasteiger partial charge in [0.15, 0.2) is 0 Å². The van der Waals surface area contributed by atoms with Crippen molar-refractivity contribution in [2.45, 2.75) is 12.8 Å². The third-order valence-corrected chi connectivity index (χ3v) is 2.70. The lowest BCUT2D eigenvalue weighted by Crippen LogP contribution is -2.27. The van der Waals surface area contributed by atoms with Gasteiger partial charge in [0.25, 0.3) is 0 Å². The molecule has 0 bridgehead atoms. The van der Waals surface area contributed by atoms with E-state index in [9.17, 15) is 13.6 Å². The highest BCUT2D eigenvalue weighted by molar-refractivity contribution is 9.09. The molecule has 1 aromatic carbocycles. The molecule has 0 saturated heterocycles. The molecule has 0 fully saturated rings. The topological polar surface area (TPSA) is 38.3 Å². The molecule has 106 valence electrons. The third-order valence-electron chi connectivity index (χ3n) is 2.38. The van der Waals surface area contributed by atoms with Crippen LogP contribution in [-0.4, -0.2) is 31.0 Å². The van der Waals surface area contributed by atoms with Gasteiger partial charge in [-0.15, -0.1) is 0 Å². The molecule has 1 N–H and O–H groups in total. The molecule has 0 radical (unpaired) electrons. The lowest BCUT2D eigenvalue weighted by molar-refractivity contribution is -0.120. The number of carbonyl (C=O) groups excluding carboxylic acids is 1. The lowest BCUT2D eigenvalue weighted by atomic mass is 10.1. The highest BCUT2D eigenvalue weighted by atomic mass is 79.9. The molecule has 1 aromatic rings. The molecule has 19 heavy (non-hydrogen) atoms. The van der Waals surface area contributed by atoms with E-state index in [4.69, 9.17) is 4.74 Å². The Balaban J connectivity index is 2.23. The summed E-state index contributed by atoms with van der Waals surface area (Å²) in [7, 11) is 0. The molecular formula is C13H16BrF2NO2. The smallest absolute Gasteiger partial charge is 0.224 e. The van der Waals surface area contributed by atoms with E-state index >= 15 is 0 Å². The van der Waals surface area contributed by atoms with Crippen LogP contribution in [0.3, 0.4) is 0 Å². The zero-order chi connectivity index (χ0) is 14.1. The number of rotatable bonds is 8. The van der Waals surface area contributed by atoms with Crippen molar-refractivity contribution in [1.29, 1.82) is 0 Å². The standard InChI is InChI=1S/C13H16BrF2NO2/c14-4-7-19-6-1-5-17-13(18)8-10-2-3-11(15)9-12(10)16/h2-3,9H,1,4-8H2,(H,17,18). The Kier molecular flexibility index (Phi) is 7.59. The van der Waals surface area contributed by atoms with Crippen LogP contribution in [0.1, 0.15) is 12.0 Å². The second-order valence-electron chi connectivity index (χ2n) is 3.92. The predicted molar refractivity (Wildman–Crippen MR) is 72.3 cm³/mol. The second kappa shape index (κ2) is 8.98. The molecule has 0 atom stereocenters. The van der Waals surface area contributed by atoms with Crippen molar-refractivity contribution in [2.24, 2.45) is 0 Å². The molecule has 0 aromatic heterocycles. The Hall–Kier alpha value is -1.01. The fraction of sp³-hybridized carbons (Fsp3) is 0.462. The summed E-state index contributed by atoms with van der Waals surface area (Å²) in [4.78, 5) is 11.5. The summed E-state index contributed by atoms with van der Waals surface area (Å²) in [6.45, 7) is 1.68. The molecule has 0 aliphatic carbocycles. The number of carbonyl (C=O) groups is 1. The quantitative estimate of drug-likeness (QED) is 0.585. The molecule has 3 nitrogen and oxygen atoms in total. The zero-order valence-corrected chi connectivity index (χ0v) is 12.0. The highest BCUT2D eigenvalue weighted by Gasteiger charge is 2.08. The molecule has 0 saturated carbocycles. The van der Waals surface area contributed by atoms with E-state index in [1.54, 1.807) is 0 Å². The van der Waals surface area contributed by atoms with Gasteiger partial charge in [-0.3, -0.25) is 4.79 Å². The maximum atomic E-state index is 13.3. The molecule has 1 rings (SSSR count). The van der Waals surface area contributed by atoms with E-state index in [1.165, 1.54) is 6.07 Å². The van der Waals surface area contributed by atoms with Gasteiger partial charge in [0.1, 0.15) is 11.6 Å². The second-order valence-corrected chi connectivity index (χ2v) is 4.71. The maximum Gasteiger partial charge on any atom is 0.224 e. The Bertz CT molecular complexity index is 416. The van der Waals surface area contributed by atoms with Gasteiger partial charge in [-0.1, -0.05) is 22.0 Å². The van der Waals surface area contributed by atoms with Gasteiger partial charge >= 0.3 is 0 Å². The van der Waals surface area contributed by atoms with Crippen molar-refractivity contribution < 1.29 is 18.3 Å². The first-order chi connectivity index (χ1) is 9.13. The molecule has 0 unspecified atom stereocenters. The van der Waals surface area contributed by atoms with Gasteiger partial charge in [0, 0.05) is 24.5 Å². The van der Waals surface area contributed by atoms with E-state index < -0.39 is 11.6 Å². The summed E-state index contributed by atoms with van der Waals surface area (Å²) in [6, 6.07) is 3.19. The number of nitrogens with one attached hydrogen (secondary N) is 1. The molecule has 0 aliphatic rings. The van der Waals surface area contributed by atoms with Crippen LogP contribution >= 0.6 is 15.9 Å². The van der Waals surface area contributed by atoms with Gasteiger partial charge in [0.05, 0.1) is 13.0 Å². The third kappa shape index (κ3) is 6.63. The van der Waals surface area contributed by atoms with Crippen molar-refractivity contribution in [3.05, 3.63) is 35.4 Å². The average Bonchev–Trinajstić information content (AvgIpc) is 2.37. The number of halogens is 3. The number of hydrogen-bond donors (Lipinski definition) is 1. The average molecular weight is 336 g/mol. The van der Waals surface area contributed by atoms with Crippen molar-refractivity contribution >= 4 is 21.8 Å². The first-order valence-corrected chi connectivity index (χ1v) is 7.10. The predicted octanol–water partition coefficient (Wildman–Crippen LogP) is 2.43. The largest absolute Gasteiger partial charge is 0.381 e. The number of ether oxygens (including phenoxy) is 1. The monoisotopic (exact) mass is 335 g/mol. The van der Waals surface area contributed by atoms with Gasteiger partial charge < -0.3 is 10.1 Å². The SMILES string of the molecule is O=C(Cc1ccc(F)cc1F)NCCCOCCBr. The van der Waals surface area contributed by atoms with Gasteiger partial charge in [-0.2, -0.15) is 0 Å². The summed E-state index contributed by atoms with van der Waals surface area (Å²) >= 11 is 3.23. The molecule has 6 heteroatoms. The van der Waals surface area contributed by atoms with E-state index in [0.29, 0.717) is 26.2 Å². The number of hydrogen-bond acceptors (Lipinski definition) is 2. The molecular weight excluding hydrogens is 320 g/mol. The van der Waals surface area contributed by atoms with Gasteiger partial charge in [0.2, 0.25) is 5.91 Å². The minimum Gasteiger partial charge on any atom is -0.381 e. The van der Waals surface area contributed by atoms with E-state index in [0.717, 1.165) is 17.5 Å². The van der Waals surface area contributed by atoms with Gasteiger partial charge in [-0.25, -0.2) is 8.78 Å². The van der Waals surface area contributed by atoms with Crippen LogP contribution in [0.4, 0.5) is 8.78 Å². The summed E-state index contributed by atoms with van der Waals surface area (Å²) in [6.07, 6.45) is 0.610. The van der Waals surface area contributed by atoms with Crippen molar-refractivity contribution in [3.63, 3.8) is 0 Å². The molecule has 0 heterocycles. The Morgan fingerprint density at radius 1 is 1.32 bits per heavy atom. The number of amides is 1. The first-order valence-electron chi connectivity index (χ1n) is 5.98. The molecule has 0 aliphatic heterocycles. The van der Waals surface area contributed by atoms with Crippen molar-refractivity contribution in [1.82, 2.24) is 5.32 Å². The fourth-order valence-corrected chi connectivity index (χ4v) is 1.69. The molecule has 0 spiro atoms. The Labute approximate surface area is 119 Å². The van der Waals surface area contributed by atoms with Crippen LogP contribution in [0.2, 0.25) is 0 Å². The molecule has 1 amide bonds. The van der Waals surface area contributed by atoms with E-state index in [1.807, 2.05) is 0 Å².